The van der Waals surface area contributed by atoms with Gasteiger partial charge in [-0.1, -0.05) is 19.1 Å². The Morgan fingerprint density at radius 1 is 1.14 bits per heavy atom. The Morgan fingerprint density at radius 3 is 2.57 bits per heavy atom. The van der Waals surface area contributed by atoms with E-state index in [0.29, 0.717) is 5.75 Å². The van der Waals surface area contributed by atoms with E-state index in [4.69, 9.17) is 4.74 Å². The molecule has 110 valence electrons. The van der Waals surface area contributed by atoms with Gasteiger partial charge in [0.25, 0.3) is 5.69 Å². The fraction of sp³-hybridized carbons (Fsp3) is 0.250. The van der Waals surface area contributed by atoms with Crippen LogP contribution in [0, 0.1) is 10.1 Å². The van der Waals surface area contributed by atoms with Crippen molar-refractivity contribution in [1.82, 2.24) is 5.32 Å². The van der Waals surface area contributed by atoms with Crippen LogP contribution in [0.15, 0.2) is 48.5 Å². The molecule has 2 aromatic carbocycles. The first-order chi connectivity index (χ1) is 10.2. The Labute approximate surface area is 123 Å². The van der Waals surface area contributed by atoms with Crippen LogP contribution in [0.4, 0.5) is 5.69 Å². The Balaban J connectivity index is 2.01. The van der Waals surface area contributed by atoms with E-state index in [1.165, 1.54) is 12.1 Å². The molecule has 21 heavy (non-hydrogen) atoms. The molecular formula is C16H18N2O3. The van der Waals surface area contributed by atoms with Gasteiger partial charge in [0.05, 0.1) is 4.92 Å². The molecule has 2 rings (SSSR count). The molecule has 0 aliphatic heterocycles. The van der Waals surface area contributed by atoms with Gasteiger partial charge < -0.3 is 10.1 Å². The molecule has 0 unspecified atom stereocenters. The molecule has 0 saturated carbocycles. The van der Waals surface area contributed by atoms with Crippen molar-refractivity contribution in [2.24, 2.45) is 0 Å². The van der Waals surface area contributed by atoms with Crippen molar-refractivity contribution in [2.75, 3.05) is 6.54 Å². The van der Waals surface area contributed by atoms with Crippen LogP contribution < -0.4 is 10.1 Å². The number of ether oxygens (including phenoxy) is 1. The van der Waals surface area contributed by atoms with E-state index in [-0.39, 0.29) is 5.69 Å². The number of non-ortho nitro benzene ring substituents is 1. The quantitative estimate of drug-likeness (QED) is 0.476. The molecule has 1 N–H and O–H groups in total. The summed E-state index contributed by atoms with van der Waals surface area (Å²) in [5.41, 5.74) is 1.20. The Hall–Kier alpha value is -2.40. The predicted octanol–water partition coefficient (Wildman–Crippen LogP) is 3.89. The third kappa shape index (κ3) is 4.57. The van der Waals surface area contributed by atoms with Gasteiger partial charge in [0.2, 0.25) is 0 Å². The number of hydrogen-bond donors (Lipinski definition) is 1. The number of benzene rings is 2. The lowest BCUT2D eigenvalue weighted by molar-refractivity contribution is -0.384. The second-order valence-electron chi connectivity index (χ2n) is 4.68. The first-order valence-electron chi connectivity index (χ1n) is 6.91. The predicted molar refractivity (Wildman–Crippen MR) is 81.6 cm³/mol. The summed E-state index contributed by atoms with van der Waals surface area (Å²) in [7, 11) is 0. The first kappa shape index (κ1) is 15.0. The highest BCUT2D eigenvalue weighted by Crippen LogP contribution is 2.24. The maximum atomic E-state index is 10.6. The molecule has 0 bridgehead atoms. The number of hydrogen-bond acceptors (Lipinski definition) is 4. The molecule has 0 saturated heterocycles. The Bertz CT molecular complexity index is 597. The van der Waals surface area contributed by atoms with Gasteiger partial charge in [-0.15, -0.1) is 0 Å². The zero-order valence-electron chi connectivity index (χ0n) is 11.9. The van der Waals surface area contributed by atoms with E-state index in [2.05, 4.69) is 12.2 Å². The molecule has 2 aromatic rings. The molecule has 0 atom stereocenters. The number of nitrogens with zero attached hydrogens (tertiary/aromatic N) is 1. The van der Waals surface area contributed by atoms with Gasteiger partial charge in [-0.3, -0.25) is 10.1 Å². The SMILES string of the molecule is CCCNCc1cccc(Oc2ccc([N+](=O)[O-])cc2)c1. The van der Waals surface area contributed by atoms with Crippen molar-refractivity contribution in [1.29, 1.82) is 0 Å². The van der Waals surface area contributed by atoms with E-state index in [0.717, 1.165) is 30.8 Å². The van der Waals surface area contributed by atoms with Gasteiger partial charge in [0, 0.05) is 18.7 Å². The molecule has 5 heteroatoms. The topological polar surface area (TPSA) is 64.4 Å². The molecule has 0 aliphatic rings. The minimum absolute atomic E-state index is 0.0554. The third-order valence-electron chi connectivity index (χ3n) is 2.94. The number of nitro benzene ring substituents is 1. The maximum absolute atomic E-state index is 10.6. The second-order valence-corrected chi connectivity index (χ2v) is 4.68. The van der Waals surface area contributed by atoms with E-state index in [9.17, 15) is 10.1 Å². The summed E-state index contributed by atoms with van der Waals surface area (Å²) in [6, 6.07) is 13.9. The number of rotatable bonds is 7. The molecule has 0 aromatic heterocycles. The van der Waals surface area contributed by atoms with Gasteiger partial charge in [0.1, 0.15) is 11.5 Å². The van der Waals surface area contributed by atoms with Crippen molar-refractivity contribution in [3.05, 3.63) is 64.2 Å². The van der Waals surface area contributed by atoms with Crippen LogP contribution in [0.1, 0.15) is 18.9 Å². The fourth-order valence-electron chi connectivity index (χ4n) is 1.90. The van der Waals surface area contributed by atoms with Crippen molar-refractivity contribution < 1.29 is 9.66 Å². The molecule has 0 heterocycles. The summed E-state index contributed by atoms with van der Waals surface area (Å²) in [5, 5.41) is 13.9. The van der Waals surface area contributed by atoms with Crippen molar-refractivity contribution in [3.8, 4) is 11.5 Å². The van der Waals surface area contributed by atoms with Gasteiger partial charge in [-0.25, -0.2) is 0 Å². The van der Waals surface area contributed by atoms with Crippen molar-refractivity contribution in [3.63, 3.8) is 0 Å². The van der Waals surface area contributed by atoms with Gasteiger partial charge >= 0.3 is 0 Å². The highest BCUT2D eigenvalue weighted by Gasteiger charge is 2.05. The normalized spacial score (nSPS) is 10.3. The van der Waals surface area contributed by atoms with Crippen LogP contribution >= 0.6 is 0 Å². The van der Waals surface area contributed by atoms with E-state index < -0.39 is 4.92 Å². The smallest absolute Gasteiger partial charge is 0.269 e. The van der Waals surface area contributed by atoms with Crippen LogP contribution in [0.3, 0.4) is 0 Å². The lowest BCUT2D eigenvalue weighted by atomic mass is 10.2. The van der Waals surface area contributed by atoms with E-state index in [1.54, 1.807) is 12.1 Å². The Morgan fingerprint density at radius 2 is 1.90 bits per heavy atom. The van der Waals surface area contributed by atoms with Crippen LogP contribution in [0.25, 0.3) is 0 Å². The van der Waals surface area contributed by atoms with Gasteiger partial charge in [0.15, 0.2) is 0 Å². The molecule has 0 aliphatic carbocycles. The summed E-state index contributed by atoms with van der Waals surface area (Å²) < 4.78 is 5.71. The summed E-state index contributed by atoms with van der Waals surface area (Å²) in [6.45, 7) is 3.90. The number of nitrogens with one attached hydrogen (secondary N) is 1. The fourth-order valence-corrected chi connectivity index (χ4v) is 1.90. The first-order valence-corrected chi connectivity index (χ1v) is 6.91. The molecule has 0 radical (unpaired) electrons. The van der Waals surface area contributed by atoms with Crippen molar-refractivity contribution >= 4 is 5.69 Å². The summed E-state index contributed by atoms with van der Waals surface area (Å²) in [6.07, 6.45) is 1.10. The summed E-state index contributed by atoms with van der Waals surface area (Å²) in [4.78, 5) is 10.2. The lowest BCUT2D eigenvalue weighted by Gasteiger charge is -2.08. The van der Waals surface area contributed by atoms with Crippen LogP contribution in [0.2, 0.25) is 0 Å². The zero-order valence-corrected chi connectivity index (χ0v) is 11.9. The zero-order chi connectivity index (χ0) is 15.1. The molecule has 5 nitrogen and oxygen atoms in total. The van der Waals surface area contributed by atoms with Crippen LogP contribution in [-0.4, -0.2) is 11.5 Å². The minimum Gasteiger partial charge on any atom is -0.457 e. The largest absolute Gasteiger partial charge is 0.457 e. The third-order valence-corrected chi connectivity index (χ3v) is 2.94. The minimum atomic E-state index is -0.427. The van der Waals surface area contributed by atoms with Crippen LogP contribution in [0.5, 0.6) is 11.5 Å². The molecule has 0 fully saturated rings. The highest BCUT2D eigenvalue weighted by molar-refractivity contribution is 5.39. The standard InChI is InChI=1S/C16H18N2O3/c1-2-10-17-12-13-4-3-5-16(11-13)21-15-8-6-14(7-9-15)18(19)20/h3-9,11,17H,2,10,12H2,1H3. The van der Waals surface area contributed by atoms with Crippen molar-refractivity contribution in [2.45, 2.75) is 19.9 Å². The van der Waals surface area contributed by atoms with Gasteiger partial charge in [-0.05, 0) is 42.8 Å². The van der Waals surface area contributed by atoms with E-state index in [1.807, 2.05) is 24.3 Å². The number of nitro groups is 1. The highest BCUT2D eigenvalue weighted by atomic mass is 16.6. The molecule has 0 amide bonds. The molecular weight excluding hydrogens is 268 g/mol. The van der Waals surface area contributed by atoms with E-state index >= 15 is 0 Å². The summed E-state index contributed by atoms with van der Waals surface area (Å²) >= 11 is 0. The van der Waals surface area contributed by atoms with Gasteiger partial charge in [-0.2, -0.15) is 0 Å². The maximum Gasteiger partial charge on any atom is 0.269 e. The Kier molecular flexibility index (Phi) is 5.29. The monoisotopic (exact) mass is 286 g/mol. The van der Waals surface area contributed by atoms with Crippen LogP contribution in [-0.2, 0) is 6.54 Å². The molecule has 0 spiro atoms. The average molecular weight is 286 g/mol. The second kappa shape index (κ2) is 7.40. The average Bonchev–Trinajstić information content (AvgIpc) is 2.48. The summed E-state index contributed by atoms with van der Waals surface area (Å²) in [5.74, 6) is 1.30. The lowest BCUT2D eigenvalue weighted by Crippen LogP contribution is -2.13.